The maximum absolute atomic E-state index is 12.9. The lowest BCUT2D eigenvalue weighted by Gasteiger charge is -2.20. The number of carbonyl (C=O) groups excluding carboxylic acids is 2. The van der Waals surface area contributed by atoms with E-state index in [1.54, 1.807) is 51.1 Å². The first-order valence-corrected chi connectivity index (χ1v) is 11.7. The molecule has 0 N–H and O–H groups in total. The molecule has 2 aromatic carbocycles. The highest BCUT2D eigenvalue weighted by Crippen LogP contribution is 2.22. The van der Waals surface area contributed by atoms with E-state index in [0.717, 1.165) is 0 Å². The Morgan fingerprint density at radius 2 is 1.55 bits per heavy atom. The van der Waals surface area contributed by atoms with Crippen LogP contribution in [0.4, 0.5) is 0 Å². The Morgan fingerprint density at radius 1 is 0.968 bits per heavy atom. The molecule has 168 valence electrons. The largest absolute Gasteiger partial charge is 0.494 e. The van der Waals surface area contributed by atoms with Gasteiger partial charge in [-0.3, -0.25) is 4.79 Å². The summed E-state index contributed by atoms with van der Waals surface area (Å²) < 4.78 is 37.8. The monoisotopic (exact) mass is 447 g/mol. The average Bonchev–Trinajstić information content (AvgIpc) is 2.74. The van der Waals surface area contributed by atoms with Crippen molar-refractivity contribution in [2.45, 2.75) is 45.6 Å². The molecule has 0 aromatic heterocycles. The Bertz CT molecular complexity index is 1030. The van der Waals surface area contributed by atoms with Crippen molar-refractivity contribution in [3.8, 4) is 5.75 Å². The molecule has 0 unspecified atom stereocenters. The third kappa shape index (κ3) is 5.71. The molecule has 31 heavy (non-hydrogen) atoms. The van der Waals surface area contributed by atoms with Gasteiger partial charge in [-0.15, -0.1) is 0 Å². The van der Waals surface area contributed by atoms with Crippen LogP contribution in [-0.4, -0.2) is 50.3 Å². The van der Waals surface area contributed by atoms with E-state index < -0.39 is 22.1 Å². The lowest BCUT2D eigenvalue weighted by Crippen LogP contribution is -2.31. The molecule has 0 aliphatic carbocycles. The molecule has 0 aliphatic rings. The Balaban J connectivity index is 2.20. The van der Waals surface area contributed by atoms with Crippen molar-refractivity contribution in [2.24, 2.45) is 0 Å². The van der Waals surface area contributed by atoms with E-state index in [2.05, 4.69) is 0 Å². The molecule has 0 aliphatic heterocycles. The van der Waals surface area contributed by atoms with E-state index in [9.17, 15) is 18.0 Å². The number of esters is 1. The third-order valence-electron chi connectivity index (χ3n) is 4.85. The van der Waals surface area contributed by atoms with Gasteiger partial charge in [0.25, 0.3) is 0 Å². The van der Waals surface area contributed by atoms with Crippen LogP contribution in [0.2, 0.25) is 0 Å². The number of sulfonamides is 1. The van der Waals surface area contributed by atoms with Gasteiger partial charge < -0.3 is 9.47 Å². The summed E-state index contributed by atoms with van der Waals surface area (Å²) in [6, 6.07) is 10.9. The second-order valence-corrected chi connectivity index (χ2v) is 8.85. The maximum Gasteiger partial charge on any atom is 0.338 e. The van der Waals surface area contributed by atoms with Gasteiger partial charge in [0.05, 0.1) is 17.1 Å². The molecule has 0 amide bonds. The Hall–Kier alpha value is -2.71. The van der Waals surface area contributed by atoms with Crippen LogP contribution >= 0.6 is 0 Å². The van der Waals surface area contributed by atoms with Crippen LogP contribution in [0.5, 0.6) is 5.75 Å². The molecule has 7 nitrogen and oxygen atoms in total. The quantitative estimate of drug-likeness (QED) is 0.406. The van der Waals surface area contributed by atoms with Crippen molar-refractivity contribution < 1.29 is 27.5 Å². The molecule has 8 heteroatoms. The predicted molar refractivity (Wildman–Crippen MR) is 118 cm³/mol. The minimum absolute atomic E-state index is 0.0520. The molecule has 0 bridgehead atoms. The molecule has 0 saturated heterocycles. The van der Waals surface area contributed by atoms with Crippen molar-refractivity contribution in [3.05, 3.63) is 59.2 Å². The molecule has 0 heterocycles. The predicted octanol–water partition coefficient (Wildman–Crippen LogP) is 3.85. The smallest absolute Gasteiger partial charge is 0.338 e. The fourth-order valence-corrected chi connectivity index (χ4v) is 4.82. The summed E-state index contributed by atoms with van der Waals surface area (Å²) in [5.74, 6) is -0.479. The number of nitrogens with zero attached hydrogens (tertiary/aromatic N) is 1. The van der Waals surface area contributed by atoms with Gasteiger partial charge in [0, 0.05) is 18.7 Å². The van der Waals surface area contributed by atoms with Crippen molar-refractivity contribution in [3.63, 3.8) is 0 Å². The van der Waals surface area contributed by atoms with E-state index in [1.165, 1.54) is 23.4 Å². The molecule has 0 spiro atoms. The van der Waals surface area contributed by atoms with E-state index >= 15 is 0 Å². The number of aryl methyl sites for hydroxylation is 1. The van der Waals surface area contributed by atoms with Crippen LogP contribution in [-0.2, 0) is 14.8 Å². The van der Waals surface area contributed by atoms with Gasteiger partial charge in [0.2, 0.25) is 15.8 Å². The summed E-state index contributed by atoms with van der Waals surface area (Å²) in [6.45, 7) is 9.68. The van der Waals surface area contributed by atoms with Crippen molar-refractivity contribution >= 4 is 21.8 Å². The van der Waals surface area contributed by atoms with Crippen LogP contribution in [0.25, 0.3) is 0 Å². The minimum atomic E-state index is -3.74. The second kappa shape index (κ2) is 10.5. The number of hydrogen-bond acceptors (Lipinski definition) is 6. The van der Waals surface area contributed by atoms with Gasteiger partial charge in [0.1, 0.15) is 5.75 Å². The number of hydrogen-bond donors (Lipinski definition) is 0. The minimum Gasteiger partial charge on any atom is -0.494 e. The molecule has 0 radical (unpaired) electrons. The number of Topliss-reactive ketones (excluding diaryl/α,β-unsaturated/α-hetero) is 1. The van der Waals surface area contributed by atoms with E-state index in [-0.39, 0.29) is 16.2 Å². The SMILES string of the molecule is CCOc1ccc(C(=O)[C@@H](C)OC(=O)c2ccc(C)c(S(=O)(=O)N(CC)CC)c2)cc1. The maximum atomic E-state index is 12.9. The van der Waals surface area contributed by atoms with Crippen LogP contribution in [0.3, 0.4) is 0 Å². The second-order valence-electron chi connectivity index (χ2n) is 6.94. The lowest BCUT2D eigenvalue weighted by atomic mass is 10.1. The lowest BCUT2D eigenvalue weighted by molar-refractivity contribution is 0.0318. The zero-order chi connectivity index (χ0) is 23.2. The zero-order valence-electron chi connectivity index (χ0n) is 18.5. The summed E-state index contributed by atoms with van der Waals surface area (Å²) in [5, 5.41) is 0. The van der Waals surface area contributed by atoms with Gasteiger partial charge in [-0.2, -0.15) is 4.31 Å². The number of ether oxygens (including phenoxy) is 2. The normalized spacial score (nSPS) is 12.5. The van der Waals surface area contributed by atoms with Gasteiger partial charge in [0.15, 0.2) is 6.10 Å². The molecule has 0 fully saturated rings. The zero-order valence-corrected chi connectivity index (χ0v) is 19.4. The molecular weight excluding hydrogens is 418 g/mol. The Morgan fingerprint density at radius 3 is 2.10 bits per heavy atom. The van der Waals surface area contributed by atoms with Gasteiger partial charge >= 0.3 is 5.97 Å². The highest BCUT2D eigenvalue weighted by atomic mass is 32.2. The highest BCUT2D eigenvalue weighted by Gasteiger charge is 2.26. The summed E-state index contributed by atoms with van der Waals surface area (Å²) in [6.07, 6.45) is -1.03. The summed E-state index contributed by atoms with van der Waals surface area (Å²) in [4.78, 5) is 25.3. The van der Waals surface area contributed by atoms with Crippen LogP contribution < -0.4 is 4.74 Å². The molecule has 2 rings (SSSR count). The number of ketones is 1. The van der Waals surface area contributed by atoms with Crippen molar-refractivity contribution in [1.29, 1.82) is 0 Å². The van der Waals surface area contributed by atoms with E-state index in [1.807, 2.05) is 6.92 Å². The molecule has 2 aromatic rings. The summed E-state index contributed by atoms with van der Waals surface area (Å²) >= 11 is 0. The summed E-state index contributed by atoms with van der Waals surface area (Å²) in [5.41, 5.74) is 0.988. The number of benzene rings is 2. The van der Waals surface area contributed by atoms with Crippen LogP contribution in [0.15, 0.2) is 47.4 Å². The molecule has 0 saturated carbocycles. The average molecular weight is 448 g/mol. The first-order chi connectivity index (χ1) is 14.6. The van der Waals surface area contributed by atoms with E-state index in [0.29, 0.717) is 36.6 Å². The number of rotatable bonds is 10. The van der Waals surface area contributed by atoms with Crippen LogP contribution in [0, 0.1) is 6.92 Å². The van der Waals surface area contributed by atoms with Crippen molar-refractivity contribution in [1.82, 2.24) is 4.31 Å². The van der Waals surface area contributed by atoms with Gasteiger partial charge in [-0.05, 0) is 62.7 Å². The highest BCUT2D eigenvalue weighted by molar-refractivity contribution is 7.89. The standard InChI is InChI=1S/C23H29NO6S/c1-6-24(7-2)31(27,28)21-15-19(10-9-16(21)4)23(26)30-17(5)22(25)18-11-13-20(14-12-18)29-8-3/h9-15,17H,6-8H2,1-5H3/t17-/m1/s1. The topological polar surface area (TPSA) is 90.0 Å². The first-order valence-electron chi connectivity index (χ1n) is 10.2. The number of carbonyl (C=O) groups is 2. The van der Waals surface area contributed by atoms with Crippen molar-refractivity contribution in [2.75, 3.05) is 19.7 Å². The molecule has 1 atom stereocenters. The fraction of sp³-hybridized carbons (Fsp3) is 0.391. The third-order valence-corrected chi connectivity index (χ3v) is 7.04. The van der Waals surface area contributed by atoms with Crippen LogP contribution in [0.1, 0.15) is 54.0 Å². The Labute approximate surface area is 184 Å². The first kappa shape index (κ1) is 24.6. The van der Waals surface area contributed by atoms with E-state index in [4.69, 9.17) is 9.47 Å². The molecular formula is C23H29NO6S. The van der Waals surface area contributed by atoms with Gasteiger partial charge in [-0.1, -0.05) is 19.9 Å². The summed E-state index contributed by atoms with van der Waals surface area (Å²) in [7, 11) is -3.74. The fourth-order valence-electron chi connectivity index (χ4n) is 3.11. The Kier molecular flexibility index (Phi) is 8.36. The van der Waals surface area contributed by atoms with Gasteiger partial charge in [-0.25, -0.2) is 13.2 Å².